The van der Waals surface area contributed by atoms with Crippen molar-refractivity contribution in [3.8, 4) is 0 Å². The van der Waals surface area contributed by atoms with Gasteiger partial charge >= 0.3 is 14.8 Å². The van der Waals surface area contributed by atoms with Gasteiger partial charge in [0.2, 0.25) is 0 Å². The number of rotatable bonds is 0. The van der Waals surface area contributed by atoms with Crippen LogP contribution in [0, 0.1) is 0 Å². The van der Waals surface area contributed by atoms with E-state index in [9.17, 15) is 4.79 Å². The molecule has 0 unspecified atom stereocenters. The van der Waals surface area contributed by atoms with Crippen molar-refractivity contribution < 1.29 is 18.1 Å². The van der Waals surface area contributed by atoms with E-state index in [1.165, 1.54) is 0 Å². The zero-order chi connectivity index (χ0) is 9.31. The van der Waals surface area contributed by atoms with Gasteiger partial charge in [0.05, 0.1) is 19.8 Å². The molecule has 3 aliphatic heterocycles. The average molecular weight is 203 g/mol. The summed E-state index contributed by atoms with van der Waals surface area (Å²) in [5.41, 5.74) is 0. The van der Waals surface area contributed by atoms with Crippen LogP contribution < -0.4 is 0 Å². The highest BCUT2D eigenvalue weighted by Crippen LogP contribution is 2.15. The van der Waals surface area contributed by atoms with Crippen LogP contribution in [-0.4, -0.2) is 52.5 Å². The molecule has 13 heavy (non-hydrogen) atoms. The Kier molecular flexibility index (Phi) is 2.37. The summed E-state index contributed by atoms with van der Waals surface area (Å²) in [6.45, 7) is 4.91. The second kappa shape index (κ2) is 3.37. The molecule has 0 saturated carbocycles. The Balaban J connectivity index is 2.15. The van der Waals surface area contributed by atoms with Crippen LogP contribution in [0.5, 0.6) is 0 Å². The summed E-state index contributed by atoms with van der Waals surface area (Å²) in [6, 6.07) is 0. The molecule has 6 heteroatoms. The molecule has 5 nitrogen and oxygen atoms in total. The van der Waals surface area contributed by atoms with Gasteiger partial charge in [0, 0.05) is 19.6 Å². The molecule has 0 aromatic heterocycles. The fourth-order valence-electron chi connectivity index (χ4n) is 1.51. The van der Waals surface area contributed by atoms with Crippen LogP contribution in [-0.2, 0) is 18.1 Å². The van der Waals surface area contributed by atoms with Gasteiger partial charge in [0.15, 0.2) is 0 Å². The molecule has 3 saturated heterocycles. The predicted molar refractivity (Wildman–Crippen MR) is 46.1 cm³/mol. The minimum Gasteiger partial charge on any atom is -0.472 e. The first-order chi connectivity index (χ1) is 6.18. The summed E-state index contributed by atoms with van der Waals surface area (Å²) in [4.78, 5) is 13.2. The lowest BCUT2D eigenvalue weighted by atomic mass is 10.4. The Morgan fingerprint density at radius 2 is 1.92 bits per heavy atom. The van der Waals surface area contributed by atoms with Gasteiger partial charge in [-0.15, -0.1) is 0 Å². The highest BCUT2D eigenvalue weighted by molar-refractivity contribution is 6.61. The van der Waals surface area contributed by atoms with Gasteiger partial charge in [-0.05, 0) is 0 Å². The first kappa shape index (κ1) is 9.13. The van der Waals surface area contributed by atoms with Gasteiger partial charge in [-0.2, -0.15) is 0 Å². The third-order valence-corrected chi connectivity index (χ3v) is 4.25. The molecule has 3 fully saturated rings. The van der Waals surface area contributed by atoms with E-state index in [-0.39, 0.29) is 5.97 Å². The monoisotopic (exact) mass is 203 g/mol. The van der Waals surface area contributed by atoms with E-state index < -0.39 is 8.80 Å². The Labute approximate surface area is 77.9 Å². The van der Waals surface area contributed by atoms with E-state index in [0.29, 0.717) is 19.8 Å². The molecule has 0 amide bonds. The second-order valence-electron chi connectivity index (χ2n) is 3.31. The van der Waals surface area contributed by atoms with Crippen LogP contribution in [0.3, 0.4) is 0 Å². The largest absolute Gasteiger partial charge is 0.564 e. The average Bonchev–Trinajstić information content (AvgIpc) is 1.96. The standard InChI is InChI=1S/C7H13NO4Si/c1-13-10-4-2-8(3-5-11-13)6-7(9)12-13/h2-6H2,1H3. The molecule has 0 spiro atoms. The maximum absolute atomic E-state index is 11.3. The van der Waals surface area contributed by atoms with Crippen molar-refractivity contribution in [3.63, 3.8) is 0 Å². The summed E-state index contributed by atoms with van der Waals surface area (Å²) < 4.78 is 16.1. The molecule has 3 aliphatic rings. The zero-order valence-corrected chi connectivity index (χ0v) is 8.62. The quantitative estimate of drug-likeness (QED) is 0.495. The van der Waals surface area contributed by atoms with Gasteiger partial charge in [0.25, 0.3) is 0 Å². The van der Waals surface area contributed by atoms with Crippen molar-refractivity contribution in [1.29, 1.82) is 0 Å². The first-order valence-electron chi connectivity index (χ1n) is 4.40. The van der Waals surface area contributed by atoms with Crippen molar-refractivity contribution in [2.45, 2.75) is 6.55 Å². The Bertz CT molecular complexity index is 213. The lowest BCUT2D eigenvalue weighted by molar-refractivity contribution is -0.144. The molecule has 2 bridgehead atoms. The van der Waals surface area contributed by atoms with Gasteiger partial charge in [-0.1, -0.05) is 0 Å². The summed E-state index contributed by atoms with van der Waals surface area (Å²) >= 11 is 0. The third kappa shape index (κ3) is 2.08. The topological polar surface area (TPSA) is 48.0 Å². The second-order valence-corrected chi connectivity index (χ2v) is 5.82. The van der Waals surface area contributed by atoms with Crippen LogP contribution in [0.1, 0.15) is 0 Å². The third-order valence-electron chi connectivity index (χ3n) is 2.20. The fourth-order valence-corrected chi connectivity index (χ4v) is 3.12. The number of carbonyl (C=O) groups is 1. The molecule has 0 aromatic rings. The summed E-state index contributed by atoms with van der Waals surface area (Å²) in [5.74, 6) is -0.228. The summed E-state index contributed by atoms with van der Waals surface area (Å²) in [5, 5.41) is 0. The number of hydrogen-bond donors (Lipinski definition) is 0. The van der Waals surface area contributed by atoms with E-state index >= 15 is 0 Å². The molecule has 3 heterocycles. The minimum absolute atomic E-state index is 0.228. The summed E-state index contributed by atoms with van der Waals surface area (Å²) in [7, 11) is -2.62. The van der Waals surface area contributed by atoms with Crippen LogP contribution in [0.4, 0.5) is 0 Å². The normalized spacial score (nSPS) is 40.4. The highest BCUT2D eigenvalue weighted by Gasteiger charge is 2.42. The maximum atomic E-state index is 11.3. The van der Waals surface area contributed by atoms with Crippen molar-refractivity contribution >= 4 is 14.8 Å². The Hall–Kier alpha value is -0.433. The molecule has 0 N–H and O–H groups in total. The number of nitrogens with zero attached hydrogens (tertiary/aromatic N) is 1. The van der Waals surface area contributed by atoms with Crippen molar-refractivity contribution in [1.82, 2.24) is 4.90 Å². The van der Waals surface area contributed by atoms with Crippen molar-refractivity contribution in [2.75, 3.05) is 32.8 Å². The SMILES string of the molecule is C[Si]12OCCN(CCO1)CC(=O)O2. The number of fused-ring (bicyclic) bond motifs is 6. The summed E-state index contributed by atoms with van der Waals surface area (Å²) in [6.07, 6.45) is 0. The molecule has 74 valence electrons. The number of carbonyl (C=O) groups excluding carboxylic acids is 1. The molecule has 3 rings (SSSR count). The predicted octanol–water partition coefficient (Wildman–Crippen LogP) is -0.539. The van der Waals surface area contributed by atoms with Gasteiger partial charge < -0.3 is 13.3 Å². The van der Waals surface area contributed by atoms with E-state index in [0.717, 1.165) is 13.1 Å². The van der Waals surface area contributed by atoms with Gasteiger partial charge in [0.1, 0.15) is 0 Å². The van der Waals surface area contributed by atoms with Crippen LogP contribution in [0.15, 0.2) is 0 Å². The number of hydrogen-bond acceptors (Lipinski definition) is 5. The molecule has 0 aromatic carbocycles. The smallest absolute Gasteiger partial charge is 0.472 e. The molecule has 0 aliphatic carbocycles. The lowest BCUT2D eigenvalue weighted by Gasteiger charge is -2.35. The van der Waals surface area contributed by atoms with Crippen molar-refractivity contribution in [2.24, 2.45) is 0 Å². The van der Waals surface area contributed by atoms with E-state index in [4.69, 9.17) is 13.3 Å². The van der Waals surface area contributed by atoms with Crippen LogP contribution in [0.25, 0.3) is 0 Å². The van der Waals surface area contributed by atoms with E-state index in [2.05, 4.69) is 0 Å². The zero-order valence-electron chi connectivity index (χ0n) is 7.62. The minimum atomic E-state index is -2.62. The maximum Gasteiger partial charge on any atom is 0.564 e. The van der Waals surface area contributed by atoms with Gasteiger partial charge in [-0.3, -0.25) is 9.69 Å². The Morgan fingerprint density at radius 3 is 2.54 bits per heavy atom. The van der Waals surface area contributed by atoms with Gasteiger partial charge in [-0.25, -0.2) is 0 Å². The molecular weight excluding hydrogens is 190 g/mol. The molecule has 0 radical (unpaired) electrons. The lowest BCUT2D eigenvalue weighted by Crippen LogP contribution is -2.54. The van der Waals surface area contributed by atoms with E-state index in [1.54, 1.807) is 6.55 Å². The first-order valence-corrected chi connectivity index (χ1v) is 6.62. The van der Waals surface area contributed by atoms with E-state index in [1.807, 2.05) is 4.90 Å². The Morgan fingerprint density at radius 1 is 1.31 bits per heavy atom. The van der Waals surface area contributed by atoms with Crippen LogP contribution in [0.2, 0.25) is 6.55 Å². The molecule has 0 atom stereocenters. The highest BCUT2D eigenvalue weighted by atomic mass is 28.4. The van der Waals surface area contributed by atoms with Crippen LogP contribution >= 0.6 is 0 Å². The molecular formula is C7H13NO4Si. The fraction of sp³-hybridized carbons (Fsp3) is 0.857. The van der Waals surface area contributed by atoms with Crippen molar-refractivity contribution in [3.05, 3.63) is 0 Å².